The molecule has 28 heavy (non-hydrogen) atoms. The van der Waals surface area contributed by atoms with Gasteiger partial charge in [-0.05, 0) is 49.6 Å². The van der Waals surface area contributed by atoms with Gasteiger partial charge in [0.05, 0.1) is 5.41 Å². The van der Waals surface area contributed by atoms with Crippen LogP contribution in [0.3, 0.4) is 0 Å². The quantitative estimate of drug-likeness (QED) is 0.603. The van der Waals surface area contributed by atoms with Crippen molar-refractivity contribution < 1.29 is 4.79 Å². The summed E-state index contributed by atoms with van der Waals surface area (Å²) in [5, 5.41) is 4.44. The molecule has 3 rings (SSSR count). The Kier molecular flexibility index (Phi) is 5.96. The number of nitrogens with two attached hydrogens (primary N) is 1. The lowest BCUT2D eigenvalue weighted by Gasteiger charge is -2.35. The van der Waals surface area contributed by atoms with E-state index in [0.29, 0.717) is 18.5 Å². The minimum absolute atomic E-state index is 0.0240. The van der Waals surface area contributed by atoms with Gasteiger partial charge in [0, 0.05) is 19.7 Å². The fourth-order valence-corrected chi connectivity index (χ4v) is 3.67. The summed E-state index contributed by atoms with van der Waals surface area (Å²) in [6, 6.07) is 7.72. The van der Waals surface area contributed by atoms with Crippen LogP contribution < -0.4 is 22.2 Å². The van der Waals surface area contributed by atoms with Crippen LogP contribution in [0.25, 0.3) is 0 Å². The number of nitrogens with zero attached hydrogens (tertiary/aromatic N) is 2. The molecule has 0 bridgehead atoms. The third-order valence-corrected chi connectivity index (χ3v) is 5.16. The highest BCUT2D eigenvalue weighted by Crippen LogP contribution is 2.39. The van der Waals surface area contributed by atoms with Crippen molar-refractivity contribution in [1.29, 1.82) is 0 Å². The van der Waals surface area contributed by atoms with E-state index in [2.05, 4.69) is 52.8 Å². The highest BCUT2D eigenvalue weighted by molar-refractivity contribution is 5.98. The van der Waals surface area contributed by atoms with Crippen molar-refractivity contribution in [2.45, 2.75) is 25.2 Å². The topological polar surface area (TPSA) is 94.8 Å². The SMILES string of the molecule is CC1=CCC=C(C(CCN)(C2=NNNN2)c2ccc(C(=O)N(C)C)cc2)C=C1. The van der Waals surface area contributed by atoms with Gasteiger partial charge in [0.2, 0.25) is 0 Å². The van der Waals surface area contributed by atoms with Crippen molar-refractivity contribution in [3.8, 4) is 0 Å². The summed E-state index contributed by atoms with van der Waals surface area (Å²) in [7, 11) is 3.50. The first-order chi connectivity index (χ1) is 13.5. The zero-order chi connectivity index (χ0) is 20.1. The van der Waals surface area contributed by atoms with Crippen molar-refractivity contribution in [1.82, 2.24) is 21.4 Å². The van der Waals surface area contributed by atoms with Crippen molar-refractivity contribution in [3.63, 3.8) is 0 Å². The standard InChI is InChI=1S/C21H28N6O/c1-15-5-4-6-17(10-7-15)21(13-14-22,20-23-25-26-24-20)18-11-8-16(9-12-18)19(28)27(2)3/h5-12,25-26H,4,13-14,22H2,1-3H3,(H,23,24). The van der Waals surface area contributed by atoms with E-state index < -0.39 is 5.41 Å². The Morgan fingerprint density at radius 2 is 1.96 bits per heavy atom. The second-order valence-corrected chi connectivity index (χ2v) is 7.22. The van der Waals surface area contributed by atoms with Gasteiger partial charge < -0.3 is 10.6 Å². The number of allylic oxidation sites excluding steroid dienone is 5. The molecule has 1 heterocycles. The lowest BCUT2D eigenvalue weighted by Crippen LogP contribution is -2.48. The van der Waals surface area contributed by atoms with E-state index >= 15 is 0 Å². The molecule has 0 saturated carbocycles. The molecule has 7 nitrogen and oxygen atoms in total. The van der Waals surface area contributed by atoms with E-state index in [1.54, 1.807) is 19.0 Å². The highest BCUT2D eigenvalue weighted by atomic mass is 16.2. The fourth-order valence-electron chi connectivity index (χ4n) is 3.67. The average Bonchev–Trinajstić information content (AvgIpc) is 3.15. The van der Waals surface area contributed by atoms with Crippen LogP contribution in [-0.2, 0) is 5.41 Å². The lowest BCUT2D eigenvalue weighted by molar-refractivity contribution is 0.0827. The summed E-state index contributed by atoms with van der Waals surface area (Å²) >= 11 is 0. The highest BCUT2D eigenvalue weighted by Gasteiger charge is 2.41. The van der Waals surface area contributed by atoms with Crippen LogP contribution in [0.2, 0.25) is 0 Å². The van der Waals surface area contributed by atoms with Gasteiger partial charge in [0.25, 0.3) is 5.91 Å². The number of carbonyl (C=O) groups excluding carboxylic acids is 1. The fraction of sp³-hybridized carbons (Fsp3) is 0.333. The molecule has 0 spiro atoms. The Bertz CT molecular complexity index is 850. The second-order valence-electron chi connectivity index (χ2n) is 7.22. The number of hydrazine groups is 2. The zero-order valence-corrected chi connectivity index (χ0v) is 16.6. The molecule has 1 aromatic carbocycles. The predicted octanol–water partition coefficient (Wildman–Crippen LogP) is 1.73. The molecule has 0 radical (unpaired) electrons. The van der Waals surface area contributed by atoms with E-state index in [-0.39, 0.29) is 5.91 Å². The summed E-state index contributed by atoms with van der Waals surface area (Å²) in [5.41, 5.74) is 18.3. The normalized spacial score (nSPS) is 18.1. The molecule has 2 aliphatic rings. The molecule has 7 heteroatoms. The third kappa shape index (κ3) is 3.72. The van der Waals surface area contributed by atoms with Crippen LogP contribution in [0.15, 0.2) is 64.8 Å². The van der Waals surface area contributed by atoms with Gasteiger partial charge in [0.15, 0.2) is 5.84 Å². The summed E-state index contributed by atoms with van der Waals surface area (Å²) in [5.74, 6) is 0.726. The number of nitrogens with one attached hydrogen (secondary N) is 3. The molecule has 1 unspecified atom stereocenters. The molecule has 1 amide bonds. The number of hydrogen-bond acceptors (Lipinski definition) is 6. The molecular weight excluding hydrogens is 352 g/mol. The van der Waals surface area contributed by atoms with Gasteiger partial charge in [-0.25, -0.2) is 5.53 Å². The van der Waals surface area contributed by atoms with Gasteiger partial charge in [-0.1, -0.05) is 42.0 Å². The first kappa shape index (κ1) is 19.9. The van der Waals surface area contributed by atoms with E-state index in [1.165, 1.54) is 5.57 Å². The minimum atomic E-state index is -0.556. The number of hydrazone groups is 1. The maximum absolute atomic E-state index is 12.3. The Labute approximate surface area is 166 Å². The largest absolute Gasteiger partial charge is 0.345 e. The Morgan fingerprint density at radius 3 is 2.57 bits per heavy atom. The van der Waals surface area contributed by atoms with Crippen molar-refractivity contribution in [3.05, 3.63) is 70.8 Å². The minimum Gasteiger partial charge on any atom is -0.345 e. The van der Waals surface area contributed by atoms with Crippen LogP contribution in [0.5, 0.6) is 0 Å². The van der Waals surface area contributed by atoms with E-state index in [4.69, 9.17) is 5.73 Å². The predicted molar refractivity (Wildman–Crippen MR) is 112 cm³/mol. The number of rotatable bonds is 6. The molecule has 1 atom stereocenters. The summed E-state index contributed by atoms with van der Waals surface area (Å²) in [4.78, 5) is 13.9. The average molecular weight is 380 g/mol. The van der Waals surface area contributed by atoms with Crippen molar-refractivity contribution >= 4 is 11.7 Å². The lowest BCUT2D eigenvalue weighted by atomic mass is 9.69. The summed E-state index contributed by atoms with van der Waals surface area (Å²) < 4.78 is 0. The molecule has 148 valence electrons. The molecule has 0 saturated heterocycles. The Hall–Kier alpha value is -2.90. The number of carbonyl (C=O) groups is 1. The molecule has 1 aliphatic carbocycles. The molecule has 1 aliphatic heterocycles. The molecular formula is C21H28N6O. The van der Waals surface area contributed by atoms with Gasteiger partial charge in [0.1, 0.15) is 0 Å². The number of hydrogen-bond donors (Lipinski definition) is 4. The van der Waals surface area contributed by atoms with Crippen molar-refractivity contribution in [2.24, 2.45) is 10.8 Å². The summed E-state index contributed by atoms with van der Waals surface area (Å²) in [6.45, 7) is 2.57. The summed E-state index contributed by atoms with van der Waals surface area (Å²) in [6.07, 6.45) is 10.2. The molecule has 5 N–H and O–H groups in total. The van der Waals surface area contributed by atoms with Gasteiger partial charge in [-0.15, -0.1) is 10.6 Å². The van der Waals surface area contributed by atoms with Crippen molar-refractivity contribution in [2.75, 3.05) is 20.6 Å². The van der Waals surface area contributed by atoms with Crippen LogP contribution in [0.4, 0.5) is 0 Å². The maximum atomic E-state index is 12.3. The monoisotopic (exact) mass is 380 g/mol. The smallest absolute Gasteiger partial charge is 0.253 e. The van der Waals surface area contributed by atoms with Crippen LogP contribution in [-0.4, -0.2) is 37.3 Å². The third-order valence-electron chi connectivity index (χ3n) is 5.16. The van der Waals surface area contributed by atoms with E-state index in [1.807, 2.05) is 24.3 Å². The second kappa shape index (κ2) is 8.41. The van der Waals surface area contributed by atoms with Gasteiger partial charge >= 0.3 is 0 Å². The van der Waals surface area contributed by atoms with Gasteiger partial charge in [-0.2, -0.15) is 0 Å². The van der Waals surface area contributed by atoms with Crippen LogP contribution in [0, 0.1) is 0 Å². The number of amides is 1. The van der Waals surface area contributed by atoms with Gasteiger partial charge in [-0.3, -0.25) is 10.2 Å². The Morgan fingerprint density at radius 1 is 1.21 bits per heavy atom. The Balaban J connectivity index is 2.12. The van der Waals surface area contributed by atoms with E-state index in [0.717, 1.165) is 23.4 Å². The molecule has 0 aromatic heterocycles. The maximum Gasteiger partial charge on any atom is 0.253 e. The zero-order valence-electron chi connectivity index (χ0n) is 16.6. The molecule has 0 fully saturated rings. The first-order valence-corrected chi connectivity index (χ1v) is 9.41. The van der Waals surface area contributed by atoms with Crippen LogP contribution in [0.1, 0.15) is 35.7 Å². The molecule has 1 aromatic rings. The van der Waals surface area contributed by atoms with Crippen LogP contribution >= 0.6 is 0 Å². The van der Waals surface area contributed by atoms with E-state index in [9.17, 15) is 4.79 Å². The number of benzene rings is 1. The number of amidine groups is 1. The first-order valence-electron chi connectivity index (χ1n) is 9.41.